The van der Waals surface area contributed by atoms with E-state index in [9.17, 15) is 0 Å². The predicted molar refractivity (Wildman–Crippen MR) is 114 cm³/mol. The van der Waals surface area contributed by atoms with Crippen LogP contribution in [0.25, 0.3) is 0 Å². The molecule has 27 heavy (non-hydrogen) atoms. The largest absolute Gasteiger partial charge is 2.00 e. The molecule has 9 radical (unpaired) electrons. The molecule has 1 aromatic rings. The van der Waals surface area contributed by atoms with Gasteiger partial charge in [0.15, 0.2) is 0 Å². The molecule has 0 aliphatic heterocycles. The molecular weight excluding hydrogens is 502 g/mol. The zero-order chi connectivity index (χ0) is 20.9. The van der Waals surface area contributed by atoms with Crippen molar-refractivity contribution in [2.45, 2.75) is 55.4 Å². The second kappa shape index (κ2) is 16.5. The van der Waals surface area contributed by atoms with E-state index < -0.39 is 0 Å². The van der Waals surface area contributed by atoms with E-state index in [4.69, 9.17) is 10.5 Å². The molecule has 0 saturated heterocycles. The summed E-state index contributed by atoms with van der Waals surface area (Å²) in [5, 5.41) is 0. The van der Waals surface area contributed by atoms with Gasteiger partial charge >= 0.3 is 21.1 Å². The van der Waals surface area contributed by atoms with Crippen molar-refractivity contribution in [3.05, 3.63) is 97.1 Å². The molecule has 2 rings (SSSR count). The van der Waals surface area contributed by atoms with Crippen molar-refractivity contribution in [3.63, 3.8) is 0 Å². The smallest absolute Gasteiger partial charge is 0.338 e. The molecule has 1 aliphatic carbocycles. The van der Waals surface area contributed by atoms with Crippen LogP contribution < -0.4 is 5.59 Å². The van der Waals surface area contributed by atoms with Gasteiger partial charge in [0.05, 0.1) is 0 Å². The maximum atomic E-state index is 7.25. The van der Waals surface area contributed by atoms with Crippen molar-refractivity contribution in [2.24, 2.45) is 5.41 Å². The van der Waals surface area contributed by atoms with Crippen molar-refractivity contribution in [1.29, 1.82) is 0 Å². The van der Waals surface area contributed by atoms with Gasteiger partial charge in [-0.05, 0) is 54.9 Å². The minimum absolute atomic E-state index is 0. The molecule has 1 saturated carbocycles. The number of hydrogen-bond acceptors (Lipinski definition) is 1. The van der Waals surface area contributed by atoms with Gasteiger partial charge in [0.2, 0.25) is 0 Å². The van der Waals surface area contributed by atoms with Crippen molar-refractivity contribution in [2.75, 3.05) is 0 Å². The zero-order valence-corrected chi connectivity index (χ0v) is 21.2. The van der Waals surface area contributed by atoms with E-state index in [1.165, 1.54) is 35.2 Å². The number of nitrogens with zero attached hydrogens (tertiary/aromatic N) is 1. The van der Waals surface area contributed by atoms with Crippen LogP contribution in [0.4, 0.5) is 0 Å². The molecule has 0 bridgehead atoms. The van der Waals surface area contributed by atoms with Crippen LogP contribution in [0.15, 0.2) is 30.3 Å². The van der Waals surface area contributed by atoms with E-state index in [1.807, 2.05) is 36.8 Å². The Morgan fingerprint density at radius 1 is 0.815 bits per heavy atom. The number of benzene rings is 1. The summed E-state index contributed by atoms with van der Waals surface area (Å²) in [5.41, 5.74) is 7.20. The average Bonchev–Trinajstić information content (AvgIpc) is 2.75. The molecule has 147 valence electrons. The molecule has 2 nitrogen and oxygen atoms in total. The van der Waals surface area contributed by atoms with Crippen molar-refractivity contribution in [1.82, 2.24) is 5.59 Å². The van der Waals surface area contributed by atoms with Gasteiger partial charge in [0.1, 0.15) is 5.59 Å². The molecule has 1 fully saturated rings. The Morgan fingerprint density at radius 3 is 1.30 bits per heavy atom. The SMILES string of the molecule is C[C]1[C](C)[C](C)[C](C)[C]1C.[CH2-]C(C)(C)C.[CH2][CH][CH]c1ccccc1.[N]=O.[W+2]. The molecule has 0 atom stereocenters. The van der Waals surface area contributed by atoms with Crippen LogP contribution in [0.5, 0.6) is 0 Å². The first-order chi connectivity index (χ1) is 12.0. The van der Waals surface area contributed by atoms with Gasteiger partial charge in [-0.15, -0.1) is 4.91 Å². The molecular formula is C24H35NOW+. The Morgan fingerprint density at radius 2 is 1.07 bits per heavy atom. The Balaban J connectivity index is -0.000000314. The third-order valence-electron chi connectivity index (χ3n) is 3.92. The Kier molecular flexibility index (Phi) is 19.0. The summed E-state index contributed by atoms with van der Waals surface area (Å²) >= 11 is 0. The Hall–Kier alpha value is -0.492. The molecule has 1 aliphatic rings. The van der Waals surface area contributed by atoms with E-state index in [-0.39, 0.29) is 26.5 Å². The average molecular weight is 537 g/mol. The first kappa shape index (κ1) is 31.2. The van der Waals surface area contributed by atoms with Crippen LogP contribution >= 0.6 is 0 Å². The molecule has 1 aromatic carbocycles. The van der Waals surface area contributed by atoms with Gasteiger partial charge < -0.3 is 6.92 Å². The summed E-state index contributed by atoms with van der Waals surface area (Å²) in [6.45, 7) is 24.6. The first-order valence-electron chi connectivity index (χ1n) is 8.73. The third-order valence-corrected chi connectivity index (χ3v) is 3.92. The van der Waals surface area contributed by atoms with E-state index in [0.717, 1.165) is 0 Å². The van der Waals surface area contributed by atoms with Gasteiger partial charge in [0, 0.05) is 0 Å². The summed E-state index contributed by atoms with van der Waals surface area (Å²) in [6, 6.07) is 10.1. The minimum atomic E-state index is 0. The molecule has 0 N–H and O–H groups in total. The molecule has 0 amide bonds. The van der Waals surface area contributed by atoms with E-state index in [1.54, 1.807) is 6.42 Å². The maximum absolute atomic E-state index is 7.25. The quantitative estimate of drug-likeness (QED) is 0.389. The fraction of sp³-hybridized carbons (Fsp3) is 0.375. The van der Waals surface area contributed by atoms with Gasteiger partial charge in [-0.2, -0.15) is 5.41 Å². The summed E-state index contributed by atoms with van der Waals surface area (Å²) in [4.78, 5) is 7.25. The van der Waals surface area contributed by atoms with Gasteiger partial charge in [-0.1, -0.05) is 85.7 Å². The van der Waals surface area contributed by atoms with E-state index in [0.29, 0.717) is 0 Å². The third kappa shape index (κ3) is 15.1. The minimum Gasteiger partial charge on any atom is -0.338 e. The van der Waals surface area contributed by atoms with Crippen molar-refractivity contribution >= 4 is 0 Å². The first-order valence-corrected chi connectivity index (χ1v) is 8.73. The predicted octanol–water partition coefficient (Wildman–Crippen LogP) is 6.67. The Bertz CT molecular complexity index is 393. The summed E-state index contributed by atoms with van der Waals surface area (Å²) in [5.74, 6) is 7.34. The topological polar surface area (TPSA) is 39.4 Å². The summed E-state index contributed by atoms with van der Waals surface area (Å²) in [7, 11) is 0. The Labute approximate surface area is 184 Å². The summed E-state index contributed by atoms with van der Waals surface area (Å²) in [6.07, 6.45) is 3.76. The van der Waals surface area contributed by atoms with Crippen molar-refractivity contribution < 1.29 is 21.1 Å². The molecule has 3 heteroatoms. The maximum Gasteiger partial charge on any atom is 2.00 e. The van der Waals surface area contributed by atoms with Gasteiger partial charge in [-0.25, -0.2) is 0 Å². The molecule has 0 heterocycles. The fourth-order valence-corrected chi connectivity index (χ4v) is 2.11. The van der Waals surface area contributed by atoms with Crippen LogP contribution in [0.1, 0.15) is 61.0 Å². The summed E-state index contributed by atoms with van der Waals surface area (Å²) < 4.78 is 0. The number of nitroso groups, excluding NO2 is 1. The van der Waals surface area contributed by atoms with Crippen molar-refractivity contribution in [3.8, 4) is 0 Å². The monoisotopic (exact) mass is 537 g/mol. The molecule has 0 unspecified atom stereocenters. The molecule has 0 spiro atoms. The number of rotatable bonds is 2. The standard InChI is InChI=1S/C10H15.C9H9.C5H11.NO.W/c1-6-7(2)9(4)10(5)8(6)3;1-2-6-9-7-4-3-5-8-9;1-5(2,3)4;1-2;/h1-5H3;2-8H,1H2;1H2,2-4H3;;/q;;-1;;+2. The van der Waals surface area contributed by atoms with E-state index >= 15 is 0 Å². The van der Waals surface area contributed by atoms with Crippen LogP contribution in [0, 0.1) is 66.6 Å². The van der Waals surface area contributed by atoms with Crippen LogP contribution in [0.2, 0.25) is 0 Å². The molecule has 0 aromatic heterocycles. The zero-order valence-electron chi connectivity index (χ0n) is 18.2. The fourth-order valence-electron chi connectivity index (χ4n) is 2.11. The van der Waals surface area contributed by atoms with Crippen LogP contribution in [-0.2, 0) is 21.1 Å². The van der Waals surface area contributed by atoms with E-state index in [2.05, 4.69) is 69.2 Å². The second-order valence-electron chi connectivity index (χ2n) is 7.50. The van der Waals surface area contributed by atoms with Crippen LogP contribution in [0.3, 0.4) is 0 Å². The van der Waals surface area contributed by atoms with Gasteiger partial charge in [-0.3, -0.25) is 0 Å². The second-order valence-corrected chi connectivity index (χ2v) is 7.50. The van der Waals surface area contributed by atoms with Crippen LogP contribution in [-0.4, -0.2) is 0 Å². The number of hydrogen-bond donors (Lipinski definition) is 0. The normalized spacial score (nSPS) is 16.1. The van der Waals surface area contributed by atoms with Gasteiger partial charge in [0.25, 0.3) is 0 Å².